The molecule has 0 radical (unpaired) electrons. The fraction of sp³-hybridized carbons (Fsp3) is 0.364. The Morgan fingerprint density at radius 3 is 2.58 bits per heavy atom. The number of imidazole rings is 1. The molecule has 0 aliphatic carbocycles. The number of hydrogen-bond acceptors (Lipinski definition) is 4. The number of nitrogens with zero attached hydrogens (tertiary/aromatic N) is 4. The van der Waals surface area contributed by atoms with Gasteiger partial charge in [0.25, 0.3) is 5.56 Å². The molecule has 2 aromatic heterocycles. The number of hydrogen-bond donors (Lipinski definition) is 1. The monoisotopic (exact) mass is 283 g/mol. The molecule has 2 heterocycles. The van der Waals surface area contributed by atoms with E-state index in [9.17, 15) is 9.59 Å². The minimum atomic E-state index is -0.439. The number of nitrogen functional groups attached to an aromatic ring is 1. The zero-order valence-corrected chi connectivity index (χ0v) is 11.6. The molecule has 7 nitrogen and oxygen atoms in total. The minimum absolute atomic E-state index is 0.169. The fourth-order valence-electron chi connectivity index (χ4n) is 1.87. The number of anilines is 1. The second-order valence-corrected chi connectivity index (χ2v) is 4.85. The fourth-order valence-corrected chi connectivity index (χ4v) is 1.93. The maximum absolute atomic E-state index is 12.2. The standard InChI is InChI=1S/C11H14ClN5O2/c1-6(12)4-5-17-7-8(14-10(17)13)15(2)11(19)16(3)9(7)18/h4H,5H2,1-3H3,(H2,13,14)/b6-4-. The zero-order chi connectivity index (χ0) is 14.3. The summed E-state index contributed by atoms with van der Waals surface area (Å²) in [7, 11) is 2.96. The van der Waals surface area contributed by atoms with Gasteiger partial charge >= 0.3 is 5.69 Å². The van der Waals surface area contributed by atoms with Gasteiger partial charge in [-0.3, -0.25) is 13.9 Å². The van der Waals surface area contributed by atoms with Crippen LogP contribution in [0.2, 0.25) is 0 Å². The van der Waals surface area contributed by atoms with Gasteiger partial charge in [0.05, 0.1) is 0 Å². The third kappa shape index (κ3) is 2.06. The number of rotatable bonds is 2. The van der Waals surface area contributed by atoms with E-state index in [4.69, 9.17) is 17.3 Å². The lowest BCUT2D eigenvalue weighted by Gasteiger charge is -2.05. The largest absolute Gasteiger partial charge is 0.369 e. The molecule has 0 aliphatic heterocycles. The molecule has 0 saturated heterocycles. The summed E-state index contributed by atoms with van der Waals surface area (Å²) in [6.45, 7) is 2.05. The number of nitrogens with two attached hydrogens (primary N) is 1. The van der Waals surface area contributed by atoms with Crippen molar-refractivity contribution in [2.45, 2.75) is 13.5 Å². The van der Waals surface area contributed by atoms with Crippen LogP contribution in [0.15, 0.2) is 20.7 Å². The molecule has 2 rings (SSSR count). The van der Waals surface area contributed by atoms with Gasteiger partial charge in [0, 0.05) is 25.7 Å². The highest BCUT2D eigenvalue weighted by atomic mass is 35.5. The topological polar surface area (TPSA) is 87.8 Å². The molecule has 0 aliphatic rings. The maximum Gasteiger partial charge on any atom is 0.332 e. The van der Waals surface area contributed by atoms with Crippen molar-refractivity contribution in [1.29, 1.82) is 0 Å². The van der Waals surface area contributed by atoms with Gasteiger partial charge in [-0.1, -0.05) is 17.7 Å². The maximum atomic E-state index is 12.2. The molecular weight excluding hydrogens is 270 g/mol. The van der Waals surface area contributed by atoms with Crippen molar-refractivity contribution in [3.8, 4) is 0 Å². The summed E-state index contributed by atoms with van der Waals surface area (Å²) >= 11 is 5.77. The van der Waals surface area contributed by atoms with E-state index in [2.05, 4.69) is 4.98 Å². The van der Waals surface area contributed by atoms with Gasteiger partial charge in [0.2, 0.25) is 5.95 Å². The van der Waals surface area contributed by atoms with Crippen LogP contribution in [0.4, 0.5) is 5.95 Å². The van der Waals surface area contributed by atoms with Gasteiger partial charge in [0.1, 0.15) is 0 Å². The van der Waals surface area contributed by atoms with E-state index in [1.54, 1.807) is 20.0 Å². The van der Waals surface area contributed by atoms with E-state index in [1.165, 1.54) is 16.2 Å². The third-order valence-electron chi connectivity index (χ3n) is 2.93. The Morgan fingerprint density at radius 1 is 1.37 bits per heavy atom. The Bertz CT molecular complexity index is 792. The van der Waals surface area contributed by atoms with Gasteiger partial charge in [0.15, 0.2) is 11.2 Å². The number of fused-ring (bicyclic) bond motifs is 1. The molecule has 0 atom stereocenters. The number of halogens is 1. The molecule has 2 aromatic rings. The molecule has 8 heteroatoms. The van der Waals surface area contributed by atoms with Crippen LogP contribution in [0.5, 0.6) is 0 Å². The highest BCUT2D eigenvalue weighted by Gasteiger charge is 2.16. The zero-order valence-electron chi connectivity index (χ0n) is 10.8. The van der Waals surface area contributed by atoms with Crippen molar-refractivity contribution in [1.82, 2.24) is 18.7 Å². The Morgan fingerprint density at radius 2 is 2.00 bits per heavy atom. The van der Waals surface area contributed by atoms with Crippen LogP contribution in [-0.2, 0) is 20.6 Å². The molecule has 19 heavy (non-hydrogen) atoms. The van der Waals surface area contributed by atoms with E-state index in [1.807, 2.05) is 0 Å². The van der Waals surface area contributed by atoms with Crippen LogP contribution in [0, 0.1) is 0 Å². The van der Waals surface area contributed by atoms with Crippen molar-refractivity contribution in [3.05, 3.63) is 31.9 Å². The van der Waals surface area contributed by atoms with Crippen LogP contribution < -0.4 is 17.0 Å². The van der Waals surface area contributed by atoms with Gasteiger partial charge in [-0.25, -0.2) is 4.79 Å². The van der Waals surface area contributed by atoms with Crippen LogP contribution in [-0.4, -0.2) is 18.7 Å². The summed E-state index contributed by atoms with van der Waals surface area (Å²) in [6, 6.07) is 0. The predicted octanol–water partition coefficient (Wildman–Crippen LogP) is 0.158. The van der Waals surface area contributed by atoms with Crippen molar-refractivity contribution in [2.75, 3.05) is 5.73 Å². The average molecular weight is 284 g/mol. The number of aromatic nitrogens is 4. The highest BCUT2D eigenvalue weighted by Crippen LogP contribution is 2.13. The van der Waals surface area contributed by atoms with E-state index in [-0.39, 0.29) is 17.1 Å². The Labute approximate surface area is 113 Å². The van der Waals surface area contributed by atoms with Gasteiger partial charge < -0.3 is 10.3 Å². The highest BCUT2D eigenvalue weighted by molar-refractivity contribution is 6.29. The van der Waals surface area contributed by atoms with Gasteiger partial charge in [-0.2, -0.15) is 4.98 Å². The first-order valence-corrected chi connectivity index (χ1v) is 5.96. The molecule has 102 valence electrons. The smallest absolute Gasteiger partial charge is 0.332 e. The summed E-state index contributed by atoms with van der Waals surface area (Å²) in [5.74, 6) is 0.169. The normalized spacial score (nSPS) is 12.3. The second-order valence-electron chi connectivity index (χ2n) is 4.25. The van der Waals surface area contributed by atoms with Crippen molar-refractivity contribution in [3.63, 3.8) is 0 Å². The quantitative estimate of drug-likeness (QED) is 0.850. The van der Waals surface area contributed by atoms with E-state index >= 15 is 0 Å². The van der Waals surface area contributed by atoms with Gasteiger partial charge in [-0.15, -0.1) is 0 Å². The SMILES string of the molecule is C/C(Cl)=C/Cn1c(N)nc2c1c(=O)n(C)c(=O)n2C. The first-order valence-electron chi connectivity index (χ1n) is 5.58. The summed E-state index contributed by atoms with van der Waals surface area (Å²) in [5, 5.41) is 0.586. The second kappa shape index (κ2) is 4.58. The summed E-state index contributed by atoms with van der Waals surface area (Å²) < 4.78 is 3.85. The Kier molecular flexibility index (Phi) is 3.23. The first-order chi connectivity index (χ1) is 8.84. The Balaban J connectivity index is 2.87. The summed E-state index contributed by atoms with van der Waals surface area (Å²) in [4.78, 5) is 28.0. The predicted molar refractivity (Wildman–Crippen MR) is 74.2 cm³/mol. The molecule has 0 spiro atoms. The average Bonchev–Trinajstić information content (AvgIpc) is 2.68. The number of aryl methyl sites for hydroxylation is 1. The lowest BCUT2D eigenvalue weighted by atomic mass is 10.4. The van der Waals surface area contributed by atoms with E-state index in [0.29, 0.717) is 11.6 Å². The van der Waals surface area contributed by atoms with Crippen LogP contribution in [0.25, 0.3) is 11.2 Å². The Hall–Kier alpha value is -2.02. The van der Waals surface area contributed by atoms with Crippen molar-refractivity contribution in [2.24, 2.45) is 14.1 Å². The summed E-state index contributed by atoms with van der Waals surface area (Å²) in [5.41, 5.74) is 5.48. The lowest BCUT2D eigenvalue weighted by molar-refractivity contribution is 0.703. The lowest BCUT2D eigenvalue weighted by Crippen LogP contribution is -2.37. The third-order valence-corrected chi connectivity index (χ3v) is 3.09. The van der Waals surface area contributed by atoms with Crippen LogP contribution >= 0.6 is 11.6 Å². The minimum Gasteiger partial charge on any atom is -0.369 e. The van der Waals surface area contributed by atoms with Crippen molar-refractivity contribution >= 4 is 28.7 Å². The van der Waals surface area contributed by atoms with Gasteiger partial charge in [-0.05, 0) is 6.92 Å². The van der Waals surface area contributed by atoms with Crippen molar-refractivity contribution < 1.29 is 0 Å². The molecule has 0 fully saturated rings. The molecular formula is C11H14ClN5O2. The van der Waals surface area contributed by atoms with Crippen LogP contribution in [0.1, 0.15) is 6.92 Å². The summed E-state index contributed by atoms with van der Waals surface area (Å²) in [6.07, 6.45) is 1.71. The number of allylic oxidation sites excluding steroid dienone is 2. The molecule has 0 unspecified atom stereocenters. The molecule has 0 amide bonds. The van der Waals surface area contributed by atoms with E-state index < -0.39 is 11.2 Å². The molecule has 2 N–H and O–H groups in total. The first kappa shape index (κ1) is 13.4. The van der Waals surface area contributed by atoms with Crippen LogP contribution in [0.3, 0.4) is 0 Å². The van der Waals surface area contributed by atoms with E-state index in [0.717, 1.165) is 4.57 Å². The molecule has 0 saturated carbocycles. The molecule has 0 bridgehead atoms. The molecule has 0 aromatic carbocycles.